The molecule has 0 aromatic heterocycles. The van der Waals surface area contributed by atoms with Gasteiger partial charge in [-0.2, -0.15) is 5.26 Å². The van der Waals surface area contributed by atoms with Gasteiger partial charge in [0.25, 0.3) is 0 Å². The van der Waals surface area contributed by atoms with Gasteiger partial charge in [0.05, 0.1) is 11.7 Å². The average molecular weight is 169 g/mol. The molecule has 0 aromatic rings. The van der Waals surface area contributed by atoms with E-state index in [0.717, 1.165) is 25.7 Å². The standard InChI is InChI=1S/C8H13NO.C2H6/c1-8(10)4-2-7(6-9)3-5-8;1-2/h7,10H,2-5H2,1H3;1-2H3. The fourth-order valence-corrected chi connectivity index (χ4v) is 1.37. The first-order valence-electron chi connectivity index (χ1n) is 4.76. The molecule has 0 amide bonds. The molecule has 0 aliphatic heterocycles. The number of hydrogen-bond donors (Lipinski definition) is 1. The molecule has 0 unspecified atom stereocenters. The average Bonchev–Trinajstić information content (AvgIpc) is 2.08. The van der Waals surface area contributed by atoms with Crippen molar-refractivity contribution >= 4 is 0 Å². The van der Waals surface area contributed by atoms with E-state index in [1.807, 2.05) is 20.8 Å². The Labute approximate surface area is 75.2 Å². The summed E-state index contributed by atoms with van der Waals surface area (Å²) < 4.78 is 0. The van der Waals surface area contributed by atoms with Crippen LogP contribution in [-0.2, 0) is 0 Å². The van der Waals surface area contributed by atoms with Gasteiger partial charge in [0, 0.05) is 5.92 Å². The van der Waals surface area contributed by atoms with E-state index in [9.17, 15) is 5.11 Å². The Morgan fingerprint density at radius 1 is 1.33 bits per heavy atom. The summed E-state index contributed by atoms with van der Waals surface area (Å²) in [5.74, 6) is 0.195. The van der Waals surface area contributed by atoms with E-state index in [1.165, 1.54) is 0 Å². The van der Waals surface area contributed by atoms with Crippen LogP contribution in [-0.4, -0.2) is 10.7 Å². The second kappa shape index (κ2) is 5.16. The monoisotopic (exact) mass is 169 g/mol. The number of aliphatic hydroxyl groups is 1. The lowest BCUT2D eigenvalue weighted by Gasteiger charge is -2.29. The van der Waals surface area contributed by atoms with Gasteiger partial charge >= 0.3 is 0 Å². The van der Waals surface area contributed by atoms with Crippen LogP contribution in [0.4, 0.5) is 0 Å². The summed E-state index contributed by atoms with van der Waals surface area (Å²) in [5.41, 5.74) is -0.493. The zero-order chi connectivity index (χ0) is 9.61. The van der Waals surface area contributed by atoms with Crippen LogP contribution in [0.5, 0.6) is 0 Å². The lowest BCUT2D eigenvalue weighted by atomic mass is 9.81. The van der Waals surface area contributed by atoms with Crippen molar-refractivity contribution in [2.45, 2.75) is 52.1 Å². The fourth-order valence-electron chi connectivity index (χ4n) is 1.37. The van der Waals surface area contributed by atoms with Gasteiger partial charge in [-0.1, -0.05) is 13.8 Å². The van der Waals surface area contributed by atoms with E-state index < -0.39 is 5.60 Å². The molecule has 0 heterocycles. The number of hydrogen-bond acceptors (Lipinski definition) is 2. The van der Waals surface area contributed by atoms with Crippen LogP contribution in [0, 0.1) is 17.2 Å². The Bertz CT molecular complexity index is 148. The SMILES string of the molecule is CC.CC1(O)CCC(C#N)CC1. The number of nitriles is 1. The second-order valence-electron chi connectivity index (χ2n) is 3.40. The third-order valence-corrected chi connectivity index (χ3v) is 2.25. The van der Waals surface area contributed by atoms with Crippen molar-refractivity contribution in [2.75, 3.05) is 0 Å². The second-order valence-corrected chi connectivity index (χ2v) is 3.40. The highest BCUT2D eigenvalue weighted by Crippen LogP contribution is 2.30. The predicted molar refractivity (Wildman–Crippen MR) is 49.5 cm³/mol. The van der Waals surface area contributed by atoms with Gasteiger partial charge in [-0.15, -0.1) is 0 Å². The van der Waals surface area contributed by atoms with Crippen molar-refractivity contribution in [1.82, 2.24) is 0 Å². The smallest absolute Gasteiger partial charge is 0.0655 e. The van der Waals surface area contributed by atoms with Crippen LogP contribution in [0.2, 0.25) is 0 Å². The van der Waals surface area contributed by atoms with Gasteiger partial charge in [0.1, 0.15) is 0 Å². The van der Waals surface area contributed by atoms with E-state index in [-0.39, 0.29) is 5.92 Å². The number of nitrogens with zero attached hydrogens (tertiary/aromatic N) is 1. The Kier molecular flexibility index (Phi) is 4.92. The highest BCUT2D eigenvalue weighted by molar-refractivity contribution is 4.91. The summed E-state index contributed by atoms with van der Waals surface area (Å²) >= 11 is 0. The molecule has 0 aromatic carbocycles. The van der Waals surface area contributed by atoms with Crippen molar-refractivity contribution in [3.05, 3.63) is 0 Å². The lowest BCUT2D eigenvalue weighted by molar-refractivity contribution is 0.0146. The predicted octanol–water partition coefficient (Wildman–Crippen LogP) is 2.48. The van der Waals surface area contributed by atoms with E-state index in [1.54, 1.807) is 0 Å². The van der Waals surface area contributed by atoms with Crippen molar-refractivity contribution in [2.24, 2.45) is 5.92 Å². The highest BCUT2D eigenvalue weighted by atomic mass is 16.3. The van der Waals surface area contributed by atoms with E-state index in [4.69, 9.17) is 5.26 Å². The molecular weight excluding hydrogens is 150 g/mol. The van der Waals surface area contributed by atoms with Crippen LogP contribution >= 0.6 is 0 Å². The maximum Gasteiger partial charge on any atom is 0.0655 e. The van der Waals surface area contributed by atoms with Crippen LogP contribution in [0.1, 0.15) is 46.5 Å². The van der Waals surface area contributed by atoms with Crippen LogP contribution < -0.4 is 0 Å². The summed E-state index contributed by atoms with van der Waals surface area (Å²) in [6, 6.07) is 2.23. The maximum absolute atomic E-state index is 9.48. The van der Waals surface area contributed by atoms with Crippen molar-refractivity contribution in [1.29, 1.82) is 5.26 Å². The summed E-state index contributed by atoms with van der Waals surface area (Å²) in [6.45, 7) is 5.85. The fraction of sp³-hybridized carbons (Fsp3) is 0.900. The van der Waals surface area contributed by atoms with E-state index in [2.05, 4.69) is 6.07 Å². The summed E-state index contributed by atoms with van der Waals surface area (Å²) in [7, 11) is 0. The van der Waals surface area contributed by atoms with E-state index >= 15 is 0 Å². The minimum atomic E-state index is -0.493. The molecule has 1 fully saturated rings. The van der Waals surface area contributed by atoms with Crippen molar-refractivity contribution < 1.29 is 5.11 Å². The first kappa shape index (κ1) is 11.4. The normalized spacial score (nSPS) is 34.4. The van der Waals surface area contributed by atoms with Gasteiger partial charge in [-0.25, -0.2) is 0 Å². The molecule has 1 saturated carbocycles. The van der Waals surface area contributed by atoms with Crippen LogP contribution in [0.3, 0.4) is 0 Å². The zero-order valence-corrected chi connectivity index (χ0v) is 8.30. The molecule has 0 radical (unpaired) electrons. The molecular formula is C10H19NO. The third-order valence-electron chi connectivity index (χ3n) is 2.25. The van der Waals surface area contributed by atoms with Crippen LogP contribution in [0.25, 0.3) is 0 Å². The zero-order valence-electron chi connectivity index (χ0n) is 8.30. The third kappa shape index (κ3) is 3.73. The lowest BCUT2D eigenvalue weighted by Crippen LogP contribution is -2.29. The minimum Gasteiger partial charge on any atom is -0.390 e. The topological polar surface area (TPSA) is 44.0 Å². The van der Waals surface area contributed by atoms with Crippen molar-refractivity contribution in [3.63, 3.8) is 0 Å². The van der Waals surface area contributed by atoms with Gasteiger partial charge in [-0.3, -0.25) is 0 Å². The Morgan fingerprint density at radius 2 is 1.75 bits per heavy atom. The molecule has 12 heavy (non-hydrogen) atoms. The maximum atomic E-state index is 9.48. The molecule has 1 N–H and O–H groups in total. The van der Waals surface area contributed by atoms with Gasteiger partial charge in [0.2, 0.25) is 0 Å². The first-order valence-corrected chi connectivity index (χ1v) is 4.76. The molecule has 0 spiro atoms. The van der Waals surface area contributed by atoms with Gasteiger partial charge in [0.15, 0.2) is 0 Å². The summed E-state index contributed by atoms with van der Waals surface area (Å²) in [6.07, 6.45) is 3.30. The molecule has 70 valence electrons. The molecule has 0 saturated heterocycles. The molecule has 1 rings (SSSR count). The molecule has 0 atom stereocenters. The number of rotatable bonds is 0. The molecule has 2 heteroatoms. The summed E-state index contributed by atoms with van der Waals surface area (Å²) in [5, 5.41) is 18.0. The molecule has 2 nitrogen and oxygen atoms in total. The Morgan fingerprint density at radius 3 is 2.08 bits per heavy atom. The highest BCUT2D eigenvalue weighted by Gasteiger charge is 2.28. The van der Waals surface area contributed by atoms with E-state index in [0.29, 0.717) is 0 Å². The summed E-state index contributed by atoms with van der Waals surface area (Å²) in [4.78, 5) is 0. The Balaban J connectivity index is 0.000000561. The first-order chi connectivity index (χ1) is 5.64. The minimum absolute atomic E-state index is 0.195. The molecule has 1 aliphatic carbocycles. The van der Waals surface area contributed by atoms with Crippen LogP contribution in [0.15, 0.2) is 0 Å². The van der Waals surface area contributed by atoms with Crippen molar-refractivity contribution in [3.8, 4) is 6.07 Å². The molecule has 1 aliphatic rings. The van der Waals surface area contributed by atoms with Gasteiger partial charge in [-0.05, 0) is 32.6 Å². The Hall–Kier alpha value is -0.550. The molecule has 0 bridgehead atoms. The quantitative estimate of drug-likeness (QED) is 0.605. The largest absolute Gasteiger partial charge is 0.390 e. The van der Waals surface area contributed by atoms with Gasteiger partial charge < -0.3 is 5.11 Å².